The topological polar surface area (TPSA) is 52.6 Å². The van der Waals surface area contributed by atoms with Crippen molar-refractivity contribution in [1.29, 1.82) is 0 Å². The quantitative estimate of drug-likeness (QED) is 0.495. The first-order valence-electron chi connectivity index (χ1n) is 10.1. The second kappa shape index (κ2) is 8.24. The second-order valence-electron chi connectivity index (χ2n) is 7.65. The zero-order valence-corrected chi connectivity index (χ0v) is 16.1. The highest BCUT2D eigenvalue weighted by molar-refractivity contribution is 6.01. The standard InChI is InChI=1S/C22H30O4/c1-3-4-5-6-9-17-14-16-10-11-19(23)18(16)15-20(17)26-22(21(24)25-2)12-7-8-13-22/h14-15H,3-13H2,1-2H3. The third-order valence-electron chi connectivity index (χ3n) is 5.78. The molecule has 1 saturated carbocycles. The van der Waals surface area contributed by atoms with E-state index in [0.29, 0.717) is 25.0 Å². The van der Waals surface area contributed by atoms with Gasteiger partial charge in [-0.1, -0.05) is 32.3 Å². The molecule has 4 heteroatoms. The van der Waals surface area contributed by atoms with Crippen LogP contribution in [0.5, 0.6) is 5.75 Å². The van der Waals surface area contributed by atoms with Gasteiger partial charge < -0.3 is 9.47 Å². The van der Waals surface area contributed by atoms with Crippen LogP contribution in [0.25, 0.3) is 0 Å². The Kier molecular flexibility index (Phi) is 6.00. The highest BCUT2D eigenvalue weighted by Gasteiger charge is 2.45. The Morgan fingerprint density at radius 2 is 1.88 bits per heavy atom. The van der Waals surface area contributed by atoms with Crippen LogP contribution in [-0.2, 0) is 22.4 Å². The average molecular weight is 358 g/mol. The van der Waals surface area contributed by atoms with E-state index in [9.17, 15) is 9.59 Å². The number of esters is 1. The summed E-state index contributed by atoms with van der Waals surface area (Å²) in [4.78, 5) is 24.6. The third-order valence-corrected chi connectivity index (χ3v) is 5.78. The number of methoxy groups -OCH3 is 1. The van der Waals surface area contributed by atoms with E-state index in [4.69, 9.17) is 9.47 Å². The first-order valence-corrected chi connectivity index (χ1v) is 10.1. The molecule has 0 unspecified atom stereocenters. The summed E-state index contributed by atoms with van der Waals surface area (Å²) in [5.74, 6) is 0.600. The lowest BCUT2D eigenvalue weighted by Crippen LogP contribution is -2.43. The van der Waals surface area contributed by atoms with Crippen molar-refractivity contribution >= 4 is 11.8 Å². The summed E-state index contributed by atoms with van der Waals surface area (Å²) >= 11 is 0. The molecule has 1 aromatic carbocycles. The van der Waals surface area contributed by atoms with Gasteiger partial charge in [-0.2, -0.15) is 0 Å². The molecule has 0 aromatic heterocycles. The Bertz CT molecular complexity index is 671. The Balaban J connectivity index is 1.89. The molecule has 1 fully saturated rings. The number of carbonyl (C=O) groups is 2. The Labute approximate surface area is 156 Å². The van der Waals surface area contributed by atoms with E-state index in [-0.39, 0.29) is 11.8 Å². The van der Waals surface area contributed by atoms with E-state index in [0.717, 1.165) is 48.8 Å². The smallest absolute Gasteiger partial charge is 0.350 e. The van der Waals surface area contributed by atoms with E-state index in [2.05, 4.69) is 13.0 Å². The minimum absolute atomic E-state index is 0.181. The molecule has 26 heavy (non-hydrogen) atoms. The molecule has 142 valence electrons. The van der Waals surface area contributed by atoms with Crippen molar-refractivity contribution in [3.63, 3.8) is 0 Å². The van der Waals surface area contributed by atoms with Crippen molar-refractivity contribution in [2.75, 3.05) is 7.11 Å². The van der Waals surface area contributed by atoms with E-state index in [1.807, 2.05) is 6.07 Å². The maximum atomic E-state index is 12.4. The van der Waals surface area contributed by atoms with Crippen molar-refractivity contribution in [2.24, 2.45) is 0 Å². The van der Waals surface area contributed by atoms with Gasteiger partial charge in [0.15, 0.2) is 5.78 Å². The number of Topliss-reactive ketones (excluding diaryl/α,β-unsaturated/α-hetero) is 1. The van der Waals surface area contributed by atoms with Crippen LogP contribution in [0, 0.1) is 0 Å². The van der Waals surface area contributed by atoms with E-state index in [1.54, 1.807) is 0 Å². The number of ether oxygens (including phenoxy) is 2. The molecular weight excluding hydrogens is 328 g/mol. The summed E-state index contributed by atoms with van der Waals surface area (Å²) < 4.78 is 11.4. The van der Waals surface area contributed by atoms with Gasteiger partial charge in [0.05, 0.1) is 7.11 Å². The molecule has 2 aliphatic rings. The van der Waals surface area contributed by atoms with E-state index in [1.165, 1.54) is 26.4 Å². The fourth-order valence-corrected chi connectivity index (χ4v) is 4.25. The number of carbonyl (C=O) groups excluding carboxylic acids is 2. The van der Waals surface area contributed by atoms with Gasteiger partial charge in [-0.15, -0.1) is 0 Å². The Morgan fingerprint density at radius 3 is 2.58 bits per heavy atom. The monoisotopic (exact) mass is 358 g/mol. The molecule has 0 N–H and O–H groups in total. The van der Waals surface area contributed by atoms with Crippen LogP contribution < -0.4 is 4.74 Å². The molecular formula is C22H30O4. The molecule has 3 rings (SSSR count). The normalized spacial score (nSPS) is 18.0. The summed E-state index contributed by atoms with van der Waals surface area (Å²) in [5, 5.41) is 0. The summed E-state index contributed by atoms with van der Waals surface area (Å²) in [6.45, 7) is 2.20. The predicted octanol–water partition coefficient (Wildman–Crippen LogP) is 4.80. The lowest BCUT2D eigenvalue weighted by Gasteiger charge is -2.29. The number of benzene rings is 1. The van der Waals surface area contributed by atoms with Crippen molar-refractivity contribution in [2.45, 2.75) is 83.2 Å². The number of rotatable bonds is 8. The van der Waals surface area contributed by atoms with Gasteiger partial charge in [-0.25, -0.2) is 4.79 Å². The van der Waals surface area contributed by atoms with E-state index >= 15 is 0 Å². The Hall–Kier alpha value is -1.84. The largest absolute Gasteiger partial charge is 0.475 e. The first-order chi connectivity index (χ1) is 12.6. The highest BCUT2D eigenvalue weighted by atomic mass is 16.6. The van der Waals surface area contributed by atoms with Crippen LogP contribution in [0.15, 0.2) is 12.1 Å². The van der Waals surface area contributed by atoms with Crippen molar-refractivity contribution in [3.8, 4) is 5.75 Å². The van der Waals surface area contributed by atoms with Crippen LogP contribution in [0.2, 0.25) is 0 Å². The number of fused-ring (bicyclic) bond motifs is 1. The molecule has 0 amide bonds. The van der Waals surface area contributed by atoms with Crippen LogP contribution >= 0.6 is 0 Å². The molecule has 4 nitrogen and oxygen atoms in total. The molecule has 0 radical (unpaired) electrons. The number of aryl methyl sites for hydroxylation is 2. The van der Waals surface area contributed by atoms with Crippen molar-refractivity contribution in [3.05, 3.63) is 28.8 Å². The van der Waals surface area contributed by atoms with Crippen LogP contribution in [-0.4, -0.2) is 24.5 Å². The van der Waals surface area contributed by atoms with Crippen LogP contribution in [0.3, 0.4) is 0 Å². The van der Waals surface area contributed by atoms with Gasteiger partial charge in [0, 0.05) is 12.0 Å². The molecule has 0 aliphatic heterocycles. The van der Waals surface area contributed by atoms with Gasteiger partial charge in [-0.3, -0.25) is 4.79 Å². The Morgan fingerprint density at radius 1 is 1.12 bits per heavy atom. The number of hydrogen-bond donors (Lipinski definition) is 0. The SMILES string of the molecule is CCCCCCc1cc2c(cc1OC1(C(=O)OC)CCCC1)C(=O)CC2. The van der Waals surface area contributed by atoms with Gasteiger partial charge in [0.2, 0.25) is 5.60 Å². The fourth-order valence-electron chi connectivity index (χ4n) is 4.25. The van der Waals surface area contributed by atoms with Gasteiger partial charge in [-0.05, 0) is 62.1 Å². The number of ketones is 1. The zero-order chi connectivity index (χ0) is 18.6. The molecule has 1 aromatic rings. The zero-order valence-electron chi connectivity index (χ0n) is 16.1. The maximum absolute atomic E-state index is 12.4. The maximum Gasteiger partial charge on any atom is 0.350 e. The highest BCUT2D eigenvalue weighted by Crippen LogP contribution is 2.39. The number of unbranched alkanes of at least 4 members (excludes halogenated alkanes) is 3. The molecule has 2 aliphatic carbocycles. The van der Waals surface area contributed by atoms with E-state index < -0.39 is 5.60 Å². The summed E-state index contributed by atoms with van der Waals surface area (Å²) in [7, 11) is 1.42. The van der Waals surface area contributed by atoms with Crippen molar-refractivity contribution < 1.29 is 19.1 Å². The molecule has 0 atom stereocenters. The predicted molar refractivity (Wildman–Crippen MR) is 101 cm³/mol. The summed E-state index contributed by atoms with van der Waals surface area (Å²) in [6.07, 6.45) is 10.3. The summed E-state index contributed by atoms with van der Waals surface area (Å²) in [6, 6.07) is 4.03. The third kappa shape index (κ3) is 3.79. The molecule has 0 heterocycles. The minimum Gasteiger partial charge on any atom is -0.475 e. The van der Waals surface area contributed by atoms with Gasteiger partial charge in [0.1, 0.15) is 5.75 Å². The van der Waals surface area contributed by atoms with Crippen molar-refractivity contribution in [1.82, 2.24) is 0 Å². The lowest BCUT2D eigenvalue weighted by molar-refractivity contribution is -0.158. The average Bonchev–Trinajstić information content (AvgIpc) is 3.26. The minimum atomic E-state index is -0.886. The van der Waals surface area contributed by atoms with Gasteiger partial charge >= 0.3 is 5.97 Å². The first kappa shape index (κ1) is 18.9. The lowest BCUT2D eigenvalue weighted by atomic mass is 9.98. The van der Waals surface area contributed by atoms with Gasteiger partial charge in [0.25, 0.3) is 0 Å². The molecule has 0 bridgehead atoms. The molecule has 0 saturated heterocycles. The fraction of sp³-hybridized carbons (Fsp3) is 0.636. The van der Waals surface area contributed by atoms with Crippen LogP contribution in [0.4, 0.5) is 0 Å². The second-order valence-corrected chi connectivity index (χ2v) is 7.65. The molecule has 0 spiro atoms. The van der Waals surface area contributed by atoms with Crippen LogP contribution in [0.1, 0.15) is 86.2 Å². The number of hydrogen-bond acceptors (Lipinski definition) is 4. The summed E-state index contributed by atoms with van der Waals surface area (Å²) in [5.41, 5.74) is 2.15.